The number of ether oxygens (including phenoxy) is 1. The van der Waals surface area contributed by atoms with E-state index < -0.39 is 23.7 Å². The predicted molar refractivity (Wildman–Crippen MR) is 53.2 cm³/mol. The lowest BCUT2D eigenvalue weighted by atomic mass is 10.2. The second kappa shape index (κ2) is 4.00. The van der Waals surface area contributed by atoms with E-state index in [1.807, 2.05) is 0 Å². The molecule has 1 aliphatic rings. The Morgan fingerprint density at radius 3 is 2.53 bits per heavy atom. The van der Waals surface area contributed by atoms with Gasteiger partial charge in [-0.25, -0.2) is 4.79 Å². The fourth-order valence-corrected chi connectivity index (χ4v) is 1.40. The van der Waals surface area contributed by atoms with Crippen LogP contribution in [0.2, 0.25) is 0 Å². The fourth-order valence-electron chi connectivity index (χ4n) is 1.40. The van der Waals surface area contributed by atoms with Crippen molar-refractivity contribution >= 4 is 18.3 Å². The monoisotopic (exact) mass is 214 g/mol. The van der Waals surface area contributed by atoms with E-state index in [1.165, 1.54) is 0 Å². The van der Waals surface area contributed by atoms with Gasteiger partial charge in [-0.05, 0) is 20.8 Å². The Hall–Kier alpha value is -1.39. The lowest BCUT2D eigenvalue weighted by molar-refractivity contribution is -0.468. The third-order valence-electron chi connectivity index (χ3n) is 1.99. The zero-order chi connectivity index (χ0) is 11.6. The van der Waals surface area contributed by atoms with Gasteiger partial charge in [-0.2, -0.15) is 4.79 Å². The summed E-state index contributed by atoms with van der Waals surface area (Å²) in [5.41, 5.74) is -0.601. The molecule has 0 fully saturated rings. The van der Waals surface area contributed by atoms with Crippen LogP contribution in [0, 0.1) is 0 Å². The number of hydrogen-bond acceptors (Lipinski definition) is 3. The summed E-state index contributed by atoms with van der Waals surface area (Å²) < 4.78 is 6.25. The number of aliphatic carboxylic acids is 1. The van der Waals surface area contributed by atoms with Gasteiger partial charge < -0.3 is 9.84 Å². The van der Waals surface area contributed by atoms with Crippen LogP contribution in [0.25, 0.3) is 0 Å². The van der Waals surface area contributed by atoms with Gasteiger partial charge in [0.2, 0.25) is 0 Å². The van der Waals surface area contributed by atoms with Crippen LogP contribution in [0.3, 0.4) is 0 Å². The van der Waals surface area contributed by atoms with Gasteiger partial charge in [0, 0.05) is 12.8 Å². The summed E-state index contributed by atoms with van der Waals surface area (Å²) in [6.07, 6.45) is 2.03. The third-order valence-corrected chi connectivity index (χ3v) is 1.99. The number of rotatable bonds is 1. The molecule has 5 nitrogen and oxygen atoms in total. The molecule has 1 heterocycles. The van der Waals surface area contributed by atoms with Gasteiger partial charge in [0.15, 0.2) is 6.21 Å². The molecule has 84 valence electrons. The molecule has 1 N–H and O–H groups in total. The average molecular weight is 214 g/mol. The summed E-state index contributed by atoms with van der Waals surface area (Å²) in [6, 6.07) is -0.778. The normalized spacial score (nSPS) is 21.0. The molecular weight excluding hydrogens is 198 g/mol. The standard InChI is InChI=1S/C10H15NO4/c1-10(2,3)15-9(14)11-6-4-5-7(11)8(12)13/h6-7H,4-5H2,1-3H3/p+1/t7-/m0/s1. The summed E-state index contributed by atoms with van der Waals surface area (Å²) in [7, 11) is 0. The van der Waals surface area contributed by atoms with Crippen molar-refractivity contribution < 1.29 is 24.0 Å². The summed E-state index contributed by atoms with van der Waals surface area (Å²) >= 11 is 0. The molecule has 0 aliphatic carbocycles. The predicted octanol–water partition coefficient (Wildman–Crippen LogP) is 1.25. The maximum absolute atomic E-state index is 11.6. The van der Waals surface area contributed by atoms with E-state index in [0.29, 0.717) is 12.8 Å². The molecule has 15 heavy (non-hydrogen) atoms. The van der Waals surface area contributed by atoms with Crippen molar-refractivity contribution in [3.8, 4) is 0 Å². The zero-order valence-corrected chi connectivity index (χ0v) is 9.19. The minimum Gasteiger partial charge on any atom is -0.476 e. The smallest absolute Gasteiger partial charge is 0.476 e. The largest absolute Gasteiger partial charge is 0.597 e. The Labute approximate surface area is 88.4 Å². The van der Waals surface area contributed by atoms with E-state index in [9.17, 15) is 9.59 Å². The first-order chi connectivity index (χ1) is 6.81. The van der Waals surface area contributed by atoms with E-state index in [0.717, 1.165) is 4.58 Å². The average Bonchev–Trinajstić information content (AvgIpc) is 2.47. The minimum atomic E-state index is -0.991. The number of carboxylic acid groups (broad SMARTS) is 1. The lowest BCUT2D eigenvalue weighted by Gasteiger charge is -2.17. The Balaban J connectivity index is 2.72. The van der Waals surface area contributed by atoms with Crippen LogP contribution in [-0.2, 0) is 9.53 Å². The van der Waals surface area contributed by atoms with Gasteiger partial charge in [-0.1, -0.05) is 0 Å². The molecule has 0 aromatic carbocycles. The SMILES string of the molecule is CC(C)(C)OC(=O)[N+]1=CCC[C@H]1C(=O)O. The molecule has 5 heteroatoms. The minimum absolute atomic E-state index is 0.453. The van der Waals surface area contributed by atoms with E-state index in [-0.39, 0.29) is 0 Å². The molecule has 0 spiro atoms. The van der Waals surface area contributed by atoms with Gasteiger partial charge in [-0.15, -0.1) is 4.58 Å². The third kappa shape index (κ3) is 3.04. The van der Waals surface area contributed by atoms with E-state index in [2.05, 4.69) is 0 Å². The van der Waals surface area contributed by atoms with Gasteiger partial charge in [0.25, 0.3) is 6.04 Å². The Bertz CT molecular complexity index is 314. The quantitative estimate of drug-likeness (QED) is 0.667. The van der Waals surface area contributed by atoms with Crippen LogP contribution >= 0.6 is 0 Å². The van der Waals surface area contributed by atoms with Gasteiger partial charge >= 0.3 is 12.1 Å². The second-order valence-electron chi connectivity index (χ2n) is 4.50. The summed E-state index contributed by atoms with van der Waals surface area (Å²) in [4.78, 5) is 22.4. The Kier molecular flexibility index (Phi) is 3.12. The first-order valence-corrected chi connectivity index (χ1v) is 4.89. The van der Waals surface area contributed by atoms with Gasteiger partial charge in [0.05, 0.1) is 0 Å². The van der Waals surface area contributed by atoms with Crippen molar-refractivity contribution in [3.63, 3.8) is 0 Å². The fraction of sp³-hybridized carbons (Fsp3) is 0.700. The molecule has 1 rings (SSSR count). The molecule has 0 radical (unpaired) electrons. The van der Waals surface area contributed by atoms with E-state index in [4.69, 9.17) is 9.84 Å². The summed E-state index contributed by atoms with van der Waals surface area (Å²) in [6.45, 7) is 5.24. The number of nitrogens with zero attached hydrogens (tertiary/aromatic N) is 1. The highest BCUT2D eigenvalue weighted by Gasteiger charge is 2.40. The zero-order valence-electron chi connectivity index (χ0n) is 9.19. The van der Waals surface area contributed by atoms with Crippen molar-refractivity contribution in [1.82, 2.24) is 0 Å². The topological polar surface area (TPSA) is 66.6 Å². The van der Waals surface area contributed by atoms with Crippen LogP contribution in [0.15, 0.2) is 0 Å². The first kappa shape index (κ1) is 11.7. The molecule has 0 unspecified atom stereocenters. The van der Waals surface area contributed by atoms with Crippen LogP contribution in [-0.4, -0.2) is 39.6 Å². The molecule has 1 aliphatic heterocycles. The highest BCUT2D eigenvalue weighted by molar-refractivity contribution is 5.79. The Morgan fingerprint density at radius 1 is 1.47 bits per heavy atom. The highest BCUT2D eigenvalue weighted by atomic mass is 16.6. The van der Waals surface area contributed by atoms with E-state index in [1.54, 1.807) is 27.0 Å². The van der Waals surface area contributed by atoms with E-state index >= 15 is 0 Å². The number of hydrogen-bond donors (Lipinski definition) is 1. The molecule has 0 aromatic heterocycles. The van der Waals surface area contributed by atoms with Gasteiger partial charge in [0.1, 0.15) is 5.60 Å². The van der Waals surface area contributed by atoms with Crippen molar-refractivity contribution in [3.05, 3.63) is 0 Å². The molecule has 0 bridgehead atoms. The maximum atomic E-state index is 11.6. The molecule has 0 aromatic rings. The van der Waals surface area contributed by atoms with Crippen molar-refractivity contribution in [2.45, 2.75) is 45.3 Å². The van der Waals surface area contributed by atoms with Crippen LogP contribution < -0.4 is 0 Å². The van der Waals surface area contributed by atoms with Crippen LogP contribution in [0.1, 0.15) is 33.6 Å². The molecular formula is C10H16NO4+. The number of carbonyl (C=O) groups is 2. The number of carboxylic acids is 1. The second-order valence-corrected chi connectivity index (χ2v) is 4.50. The molecule has 0 saturated carbocycles. The van der Waals surface area contributed by atoms with Crippen molar-refractivity contribution in [2.24, 2.45) is 0 Å². The van der Waals surface area contributed by atoms with Crippen molar-refractivity contribution in [1.29, 1.82) is 0 Å². The number of amides is 1. The molecule has 1 atom stereocenters. The van der Waals surface area contributed by atoms with Crippen LogP contribution in [0.5, 0.6) is 0 Å². The van der Waals surface area contributed by atoms with Gasteiger partial charge in [-0.3, -0.25) is 0 Å². The summed E-state index contributed by atoms with van der Waals surface area (Å²) in [5.74, 6) is -0.991. The highest BCUT2D eigenvalue weighted by Crippen LogP contribution is 2.14. The lowest BCUT2D eigenvalue weighted by Crippen LogP contribution is -2.38. The van der Waals surface area contributed by atoms with Crippen LogP contribution in [0.4, 0.5) is 4.79 Å². The molecule has 0 saturated heterocycles. The first-order valence-electron chi connectivity index (χ1n) is 4.89. The summed E-state index contributed by atoms with van der Waals surface area (Å²) in [5, 5.41) is 8.86. The maximum Gasteiger partial charge on any atom is 0.597 e. The van der Waals surface area contributed by atoms with Crippen molar-refractivity contribution in [2.75, 3.05) is 0 Å². The molecule has 1 amide bonds. The Morgan fingerprint density at radius 2 is 2.07 bits per heavy atom. The number of carbonyl (C=O) groups excluding carboxylic acids is 1.